The van der Waals surface area contributed by atoms with Crippen molar-refractivity contribution >= 4 is 0 Å². The minimum Gasteiger partial charge on any atom is -0.495 e. The van der Waals surface area contributed by atoms with Gasteiger partial charge in [0.25, 0.3) is 0 Å². The fourth-order valence-electron chi connectivity index (χ4n) is 2.57. The highest BCUT2D eigenvalue weighted by Gasteiger charge is 2.20. The van der Waals surface area contributed by atoms with Crippen molar-refractivity contribution in [1.29, 1.82) is 0 Å². The van der Waals surface area contributed by atoms with Crippen molar-refractivity contribution < 1.29 is 4.74 Å². The molecule has 0 bridgehead atoms. The molecule has 0 aromatic carbocycles. The smallest absolute Gasteiger partial charge is 0.137 e. The maximum atomic E-state index is 5.69. The van der Waals surface area contributed by atoms with Crippen LogP contribution in [0.1, 0.15) is 52.1 Å². The van der Waals surface area contributed by atoms with Crippen molar-refractivity contribution in [2.45, 2.75) is 46.6 Å². The van der Waals surface area contributed by atoms with E-state index in [0.717, 1.165) is 17.7 Å². The van der Waals surface area contributed by atoms with Crippen LogP contribution in [0.2, 0.25) is 0 Å². The lowest BCUT2D eigenvalue weighted by Gasteiger charge is -2.26. The van der Waals surface area contributed by atoms with E-state index in [-0.39, 0.29) is 6.04 Å². The zero-order valence-electron chi connectivity index (χ0n) is 12.7. The maximum Gasteiger partial charge on any atom is 0.137 e. The molecule has 4 nitrogen and oxygen atoms in total. The quantitative estimate of drug-likeness (QED) is 0.613. The second-order valence-electron chi connectivity index (χ2n) is 6.48. The van der Waals surface area contributed by atoms with E-state index in [1.165, 1.54) is 6.42 Å². The molecule has 1 aromatic heterocycles. The van der Waals surface area contributed by atoms with E-state index in [2.05, 4.69) is 38.1 Å². The third-order valence-corrected chi connectivity index (χ3v) is 3.17. The number of nitrogens with one attached hydrogen (secondary N) is 1. The molecule has 4 heteroatoms. The minimum atomic E-state index is 0.111. The fraction of sp³-hybridized carbons (Fsp3) is 0.667. The maximum absolute atomic E-state index is 5.69. The summed E-state index contributed by atoms with van der Waals surface area (Å²) in [7, 11) is 1.65. The van der Waals surface area contributed by atoms with Gasteiger partial charge in [0.1, 0.15) is 5.75 Å². The number of aromatic nitrogens is 1. The Kier molecular flexibility index (Phi) is 5.76. The van der Waals surface area contributed by atoms with Crippen molar-refractivity contribution in [2.75, 3.05) is 7.11 Å². The molecule has 0 saturated carbocycles. The lowest BCUT2D eigenvalue weighted by molar-refractivity contribution is 0.276. The van der Waals surface area contributed by atoms with Crippen molar-refractivity contribution in [3.05, 3.63) is 24.0 Å². The Balaban J connectivity index is 2.72. The number of hydrazine groups is 1. The number of nitrogens with zero attached hydrogens (tertiary/aromatic N) is 1. The Hall–Kier alpha value is -1.13. The fourth-order valence-corrected chi connectivity index (χ4v) is 2.57. The van der Waals surface area contributed by atoms with Crippen LogP contribution in [0.4, 0.5) is 0 Å². The number of hydrogen-bond donors (Lipinski definition) is 2. The molecular formula is C15H27N3O. The summed E-state index contributed by atoms with van der Waals surface area (Å²) in [6.45, 7) is 9.06. The summed E-state index contributed by atoms with van der Waals surface area (Å²) in [6, 6.07) is 2.10. The molecule has 0 aliphatic rings. The summed E-state index contributed by atoms with van der Waals surface area (Å²) in [4.78, 5) is 4.19. The Morgan fingerprint density at radius 2 is 2.05 bits per heavy atom. The molecule has 1 rings (SSSR count). The average Bonchev–Trinajstić information content (AvgIpc) is 2.34. The molecule has 0 spiro atoms. The molecule has 0 amide bonds. The van der Waals surface area contributed by atoms with Crippen molar-refractivity contribution in [3.8, 4) is 5.75 Å². The Bertz CT molecular complexity index is 387. The highest BCUT2D eigenvalue weighted by atomic mass is 16.5. The van der Waals surface area contributed by atoms with E-state index < -0.39 is 0 Å². The molecule has 0 aliphatic carbocycles. The first kappa shape index (κ1) is 15.9. The van der Waals surface area contributed by atoms with Gasteiger partial charge in [-0.05, 0) is 35.8 Å². The van der Waals surface area contributed by atoms with Crippen LogP contribution in [0.25, 0.3) is 0 Å². The summed E-state index contributed by atoms with van der Waals surface area (Å²) in [5.41, 5.74) is 4.30. The highest BCUT2D eigenvalue weighted by molar-refractivity contribution is 5.25. The minimum absolute atomic E-state index is 0.111. The molecule has 1 heterocycles. The van der Waals surface area contributed by atoms with Gasteiger partial charge < -0.3 is 4.74 Å². The van der Waals surface area contributed by atoms with Gasteiger partial charge in [-0.25, -0.2) is 0 Å². The van der Waals surface area contributed by atoms with Gasteiger partial charge in [-0.3, -0.25) is 16.3 Å². The van der Waals surface area contributed by atoms with Crippen LogP contribution in [-0.4, -0.2) is 12.1 Å². The molecule has 0 radical (unpaired) electrons. The van der Waals surface area contributed by atoms with Crippen LogP contribution in [0.15, 0.2) is 18.5 Å². The first-order valence-electron chi connectivity index (χ1n) is 6.81. The number of rotatable bonds is 6. The highest BCUT2D eigenvalue weighted by Crippen LogP contribution is 2.30. The summed E-state index contributed by atoms with van der Waals surface area (Å²) >= 11 is 0. The second kappa shape index (κ2) is 6.87. The van der Waals surface area contributed by atoms with E-state index in [9.17, 15) is 0 Å². The first-order chi connectivity index (χ1) is 8.85. The average molecular weight is 265 g/mol. The molecule has 1 aromatic rings. The van der Waals surface area contributed by atoms with Crippen LogP contribution in [0, 0.1) is 11.3 Å². The molecule has 0 aliphatic heterocycles. The Morgan fingerprint density at radius 3 is 2.58 bits per heavy atom. The van der Waals surface area contributed by atoms with Crippen LogP contribution >= 0.6 is 0 Å². The predicted molar refractivity (Wildman–Crippen MR) is 78.7 cm³/mol. The van der Waals surface area contributed by atoms with Crippen molar-refractivity contribution in [2.24, 2.45) is 17.2 Å². The third-order valence-electron chi connectivity index (χ3n) is 3.17. The lowest BCUT2D eigenvalue weighted by Crippen LogP contribution is -2.30. The van der Waals surface area contributed by atoms with Gasteiger partial charge in [-0.1, -0.05) is 27.7 Å². The van der Waals surface area contributed by atoms with Gasteiger partial charge in [0, 0.05) is 12.2 Å². The van der Waals surface area contributed by atoms with Crippen molar-refractivity contribution in [3.63, 3.8) is 0 Å². The van der Waals surface area contributed by atoms with Gasteiger partial charge in [0.05, 0.1) is 13.3 Å². The van der Waals surface area contributed by atoms with E-state index in [4.69, 9.17) is 10.6 Å². The van der Waals surface area contributed by atoms with E-state index in [1.54, 1.807) is 13.3 Å². The van der Waals surface area contributed by atoms with E-state index in [1.807, 2.05) is 12.3 Å². The number of hydrogen-bond acceptors (Lipinski definition) is 4. The monoisotopic (exact) mass is 265 g/mol. The van der Waals surface area contributed by atoms with Crippen molar-refractivity contribution in [1.82, 2.24) is 10.4 Å². The van der Waals surface area contributed by atoms with E-state index >= 15 is 0 Å². The number of pyridine rings is 1. The Morgan fingerprint density at radius 1 is 1.37 bits per heavy atom. The van der Waals surface area contributed by atoms with Crippen LogP contribution in [0.5, 0.6) is 5.75 Å². The van der Waals surface area contributed by atoms with Gasteiger partial charge in [0.2, 0.25) is 0 Å². The zero-order valence-corrected chi connectivity index (χ0v) is 12.7. The van der Waals surface area contributed by atoms with E-state index in [0.29, 0.717) is 11.3 Å². The second-order valence-corrected chi connectivity index (χ2v) is 6.48. The largest absolute Gasteiger partial charge is 0.495 e. The SMILES string of the molecule is COc1cncc(C(CC(C)CC(C)(C)C)NN)c1. The molecule has 0 saturated heterocycles. The molecule has 2 atom stereocenters. The normalized spacial score (nSPS) is 15.1. The zero-order chi connectivity index (χ0) is 14.5. The van der Waals surface area contributed by atoms with Gasteiger partial charge >= 0.3 is 0 Å². The van der Waals surface area contributed by atoms with Gasteiger partial charge in [-0.2, -0.15) is 0 Å². The standard InChI is InChI=1S/C15H27N3O/c1-11(8-15(2,3)4)6-14(18-16)12-7-13(19-5)10-17-9-12/h7,9-11,14,18H,6,8,16H2,1-5H3. The third kappa shape index (κ3) is 5.57. The summed E-state index contributed by atoms with van der Waals surface area (Å²) in [5.74, 6) is 7.04. The lowest BCUT2D eigenvalue weighted by atomic mass is 9.82. The summed E-state index contributed by atoms with van der Waals surface area (Å²) < 4.78 is 5.20. The molecule has 0 fully saturated rings. The summed E-state index contributed by atoms with van der Waals surface area (Å²) in [6.07, 6.45) is 5.71. The first-order valence-corrected chi connectivity index (χ1v) is 6.81. The topological polar surface area (TPSA) is 60.2 Å². The number of methoxy groups -OCH3 is 1. The van der Waals surface area contributed by atoms with Crippen LogP contribution in [-0.2, 0) is 0 Å². The molecule has 19 heavy (non-hydrogen) atoms. The van der Waals surface area contributed by atoms with Gasteiger partial charge in [-0.15, -0.1) is 0 Å². The molecule has 2 unspecified atom stereocenters. The number of nitrogens with two attached hydrogens (primary N) is 1. The molecule has 108 valence electrons. The number of ether oxygens (including phenoxy) is 1. The van der Waals surface area contributed by atoms with Gasteiger partial charge in [0.15, 0.2) is 0 Å². The van der Waals surface area contributed by atoms with Crippen LogP contribution < -0.4 is 16.0 Å². The Labute approximate surface area is 116 Å². The molecular weight excluding hydrogens is 238 g/mol. The summed E-state index contributed by atoms with van der Waals surface area (Å²) in [5, 5.41) is 0. The van der Waals surface area contributed by atoms with Crippen LogP contribution in [0.3, 0.4) is 0 Å². The molecule has 3 N–H and O–H groups in total. The predicted octanol–water partition coefficient (Wildman–Crippen LogP) is 3.06.